The maximum absolute atomic E-state index is 13.2. The van der Waals surface area contributed by atoms with E-state index >= 15 is 0 Å². The zero-order valence-electron chi connectivity index (χ0n) is 10.4. The van der Waals surface area contributed by atoms with Gasteiger partial charge in [0.2, 0.25) is 0 Å². The van der Waals surface area contributed by atoms with E-state index in [9.17, 15) is 4.39 Å². The number of benzene rings is 1. The van der Waals surface area contributed by atoms with Crippen LogP contribution in [0.3, 0.4) is 0 Å². The Morgan fingerprint density at radius 3 is 3.00 bits per heavy atom. The van der Waals surface area contributed by atoms with Crippen LogP contribution in [-0.2, 0) is 4.74 Å². The fourth-order valence-corrected chi connectivity index (χ4v) is 3.37. The number of ether oxygens (including phenoxy) is 1. The Hall–Kier alpha value is -1.43. The van der Waals surface area contributed by atoms with E-state index in [-0.39, 0.29) is 11.9 Å². The van der Waals surface area contributed by atoms with Crippen molar-refractivity contribution in [2.75, 3.05) is 6.61 Å². The number of rotatable bonds is 3. The highest BCUT2D eigenvalue weighted by Crippen LogP contribution is 2.34. The molecule has 1 aliphatic rings. The van der Waals surface area contributed by atoms with E-state index < -0.39 is 0 Å². The van der Waals surface area contributed by atoms with E-state index in [4.69, 9.17) is 10.6 Å². The molecule has 2 aromatic rings. The largest absolute Gasteiger partial charge is 0.496 e. The van der Waals surface area contributed by atoms with Gasteiger partial charge in [-0.05, 0) is 48.6 Å². The summed E-state index contributed by atoms with van der Waals surface area (Å²) in [6, 6.07) is 6.62. The molecular weight excluding hydrogens is 263 g/mol. The minimum Gasteiger partial charge on any atom is -0.496 e. The first-order chi connectivity index (χ1) is 9.28. The number of hydrogen-bond acceptors (Lipinski definition) is 4. The Balaban J connectivity index is 1.98. The highest BCUT2D eigenvalue weighted by molar-refractivity contribution is 7.19. The molecule has 0 bridgehead atoms. The highest BCUT2D eigenvalue weighted by Gasteiger charge is 2.20. The third-order valence-corrected chi connectivity index (χ3v) is 4.38. The minimum atomic E-state index is -0.220. The van der Waals surface area contributed by atoms with Crippen molar-refractivity contribution in [2.24, 2.45) is 5.84 Å². The van der Waals surface area contributed by atoms with Gasteiger partial charge in [0.25, 0.3) is 0 Å². The molecule has 0 aliphatic carbocycles. The fourth-order valence-electron chi connectivity index (χ4n) is 2.26. The van der Waals surface area contributed by atoms with Gasteiger partial charge in [0, 0.05) is 9.58 Å². The predicted molar refractivity (Wildman–Crippen MR) is 75.1 cm³/mol. The number of nitrogens with two attached hydrogens (primary N) is 1. The molecule has 1 aliphatic heterocycles. The average Bonchev–Trinajstić information content (AvgIpc) is 2.83. The van der Waals surface area contributed by atoms with Crippen molar-refractivity contribution in [2.45, 2.75) is 18.9 Å². The lowest BCUT2D eigenvalue weighted by atomic mass is 10.1. The Morgan fingerprint density at radius 1 is 1.37 bits per heavy atom. The fraction of sp³-hybridized carbons (Fsp3) is 0.286. The molecule has 0 spiro atoms. The van der Waals surface area contributed by atoms with Gasteiger partial charge in [0.15, 0.2) is 0 Å². The maximum atomic E-state index is 13.2. The average molecular weight is 278 g/mol. The third kappa shape index (κ3) is 2.49. The second-order valence-electron chi connectivity index (χ2n) is 4.53. The Bertz CT molecular complexity index is 623. The van der Waals surface area contributed by atoms with Crippen LogP contribution in [0, 0.1) is 5.82 Å². The zero-order chi connectivity index (χ0) is 13.2. The molecule has 0 saturated heterocycles. The van der Waals surface area contributed by atoms with Crippen LogP contribution in [0.4, 0.5) is 4.39 Å². The summed E-state index contributed by atoms with van der Waals surface area (Å²) < 4.78 is 19.9. The van der Waals surface area contributed by atoms with Crippen molar-refractivity contribution >= 4 is 21.4 Å². The number of fused-ring (bicyclic) bond motifs is 1. The van der Waals surface area contributed by atoms with Gasteiger partial charge in [0.1, 0.15) is 17.6 Å². The van der Waals surface area contributed by atoms with E-state index in [1.165, 1.54) is 6.07 Å². The lowest BCUT2D eigenvalue weighted by Gasteiger charge is -2.22. The van der Waals surface area contributed by atoms with Gasteiger partial charge in [0.05, 0.1) is 6.61 Å². The smallest absolute Gasteiger partial charge is 0.123 e. The van der Waals surface area contributed by atoms with Crippen LogP contribution in [0.1, 0.15) is 23.8 Å². The van der Waals surface area contributed by atoms with Crippen LogP contribution in [0.15, 0.2) is 36.1 Å². The van der Waals surface area contributed by atoms with Crippen molar-refractivity contribution in [1.29, 1.82) is 0 Å². The summed E-state index contributed by atoms with van der Waals surface area (Å²) in [5, 5.41) is 0.900. The van der Waals surface area contributed by atoms with E-state index in [1.54, 1.807) is 23.5 Å². The molecule has 0 fully saturated rings. The van der Waals surface area contributed by atoms with Crippen LogP contribution >= 0.6 is 11.3 Å². The number of halogens is 1. The van der Waals surface area contributed by atoms with E-state index in [1.807, 2.05) is 6.07 Å². The van der Waals surface area contributed by atoms with Crippen molar-refractivity contribution < 1.29 is 9.13 Å². The van der Waals surface area contributed by atoms with Gasteiger partial charge in [-0.3, -0.25) is 5.84 Å². The van der Waals surface area contributed by atoms with Gasteiger partial charge in [-0.1, -0.05) is 0 Å². The van der Waals surface area contributed by atoms with Crippen LogP contribution in [-0.4, -0.2) is 6.61 Å². The summed E-state index contributed by atoms with van der Waals surface area (Å²) in [5.74, 6) is 6.29. The first-order valence-electron chi connectivity index (χ1n) is 6.26. The second kappa shape index (κ2) is 5.28. The molecule has 5 heteroatoms. The van der Waals surface area contributed by atoms with Crippen LogP contribution in [0.25, 0.3) is 10.1 Å². The molecule has 1 atom stereocenters. The molecule has 2 heterocycles. The van der Waals surface area contributed by atoms with Gasteiger partial charge in [-0.2, -0.15) is 0 Å². The Labute approximate surface area is 114 Å². The van der Waals surface area contributed by atoms with Crippen LogP contribution in [0.2, 0.25) is 0 Å². The molecule has 1 aromatic heterocycles. The van der Waals surface area contributed by atoms with Crippen molar-refractivity contribution in [1.82, 2.24) is 5.43 Å². The molecule has 3 N–H and O–H groups in total. The molecule has 19 heavy (non-hydrogen) atoms. The van der Waals surface area contributed by atoms with E-state index in [2.05, 4.69) is 11.5 Å². The maximum Gasteiger partial charge on any atom is 0.123 e. The number of nitrogens with one attached hydrogen (secondary N) is 1. The monoisotopic (exact) mass is 278 g/mol. The molecule has 3 rings (SSSR count). The summed E-state index contributed by atoms with van der Waals surface area (Å²) in [4.78, 5) is 1.04. The number of hydrazine groups is 1. The predicted octanol–water partition coefficient (Wildman–Crippen LogP) is 3.24. The Kier molecular flexibility index (Phi) is 3.50. The minimum absolute atomic E-state index is 0.152. The molecule has 100 valence electrons. The first-order valence-corrected chi connectivity index (χ1v) is 7.07. The van der Waals surface area contributed by atoms with Gasteiger partial charge in [-0.15, -0.1) is 11.3 Å². The Morgan fingerprint density at radius 2 is 2.26 bits per heavy atom. The first kappa shape index (κ1) is 12.6. The van der Waals surface area contributed by atoms with Crippen molar-refractivity contribution in [3.63, 3.8) is 0 Å². The zero-order valence-corrected chi connectivity index (χ0v) is 11.2. The normalized spacial score (nSPS) is 17.1. The lowest BCUT2D eigenvalue weighted by molar-refractivity contribution is 0.168. The molecule has 0 amide bonds. The number of allylic oxidation sites excluding steroid dienone is 1. The molecule has 0 radical (unpaired) electrons. The van der Waals surface area contributed by atoms with Gasteiger partial charge < -0.3 is 4.74 Å². The lowest BCUT2D eigenvalue weighted by Crippen LogP contribution is -2.30. The van der Waals surface area contributed by atoms with Gasteiger partial charge in [-0.25, -0.2) is 9.82 Å². The number of thiophene rings is 1. The summed E-state index contributed by atoms with van der Waals surface area (Å²) in [7, 11) is 0. The molecule has 3 nitrogen and oxygen atoms in total. The molecule has 1 unspecified atom stereocenters. The van der Waals surface area contributed by atoms with Crippen LogP contribution in [0.5, 0.6) is 0 Å². The van der Waals surface area contributed by atoms with Crippen molar-refractivity contribution in [3.05, 3.63) is 46.8 Å². The standard InChI is InChI=1S/C14H15FN2OS/c15-10-4-5-12-9(7-10)8-13(19-12)14(17-16)11-3-1-2-6-18-11/h3-5,7-8,14,17H,1-2,6,16H2. The van der Waals surface area contributed by atoms with E-state index in [0.29, 0.717) is 0 Å². The summed E-state index contributed by atoms with van der Waals surface area (Å²) in [5.41, 5.74) is 2.79. The second-order valence-corrected chi connectivity index (χ2v) is 5.64. The third-order valence-electron chi connectivity index (χ3n) is 3.20. The van der Waals surface area contributed by atoms with Gasteiger partial charge >= 0.3 is 0 Å². The summed E-state index contributed by atoms with van der Waals surface area (Å²) in [6.07, 6.45) is 4.12. The highest BCUT2D eigenvalue weighted by atomic mass is 32.1. The summed E-state index contributed by atoms with van der Waals surface area (Å²) in [6.45, 7) is 0.726. The molecule has 0 saturated carbocycles. The van der Waals surface area contributed by atoms with Crippen LogP contribution < -0.4 is 11.3 Å². The quantitative estimate of drug-likeness (QED) is 0.669. The van der Waals surface area contributed by atoms with Crippen molar-refractivity contribution in [3.8, 4) is 0 Å². The number of hydrogen-bond donors (Lipinski definition) is 2. The molecular formula is C14H15FN2OS. The topological polar surface area (TPSA) is 47.3 Å². The summed E-state index contributed by atoms with van der Waals surface area (Å²) >= 11 is 1.60. The molecule has 1 aromatic carbocycles. The SMILES string of the molecule is NNC(C1=CCCCO1)c1cc2cc(F)ccc2s1. The van der Waals surface area contributed by atoms with E-state index in [0.717, 1.165) is 40.2 Å².